The van der Waals surface area contributed by atoms with Gasteiger partial charge in [0, 0.05) is 18.7 Å². The second-order valence-corrected chi connectivity index (χ2v) is 7.89. The minimum Gasteiger partial charge on any atom is -0.497 e. The molecular weight excluding hydrogens is 348 g/mol. The van der Waals surface area contributed by atoms with Crippen molar-refractivity contribution in [2.45, 2.75) is 45.7 Å². The van der Waals surface area contributed by atoms with E-state index in [0.717, 1.165) is 30.2 Å². The molecule has 1 aliphatic heterocycles. The zero-order valence-electron chi connectivity index (χ0n) is 17.3. The first-order valence-corrected chi connectivity index (χ1v) is 10.3. The summed E-state index contributed by atoms with van der Waals surface area (Å²) in [7, 11) is 1.66. The summed E-state index contributed by atoms with van der Waals surface area (Å²) in [4.78, 5) is 15.2. The molecule has 1 heterocycles. The zero-order chi connectivity index (χ0) is 19.9. The molecule has 0 aromatic heterocycles. The van der Waals surface area contributed by atoms with Crippen LogP contribution >= 0.6 is 0 Å². The molecule has 4 heteroatoms. The van der Waals surface area contributed by atoms with Crippen molar-refractivity contribution in [3.8, 4) is 5.75 Å². The minimum absolute atomic E-state index is 0.00656. The summed E-state index contributed by atoms with van der Waals surface area (Å²) < 4.78 is 5.21. The molecule has 4 nitrogen and oxygen atoms in total. The third kappa shape index (κ3) is 5.35. The number of likely N-dealkylation sites (tertiary alicyclic amines) is 1. The Morgan fingerprint density at radius 1 is 1.18 bits per heavy atom. The third-order valence-electron chi connectivity index (χ3n) is 5.60. The van der Waals surface area contributed by atoms with E-state index in [1.165, 1.54) is 31.5 Å². The van der Waals surface area contributed by atoms with E-state index >= 15 is 0 Å². The monoisotopic (exact) mass is 380 g/mol. The molecule has 0 bridgehead atoms. The summed E-state index contributed by atoms with van der Waals surface area (Å²) in [6.45, 7) is 7.72. The maximum Gasteiger partial charge on any atom is 0.251 e. The van der Waals surface area contributed by atoms with Crippen molar-refractivity contribution in [1.82, 2.24) is 10.2 Å². The molecule has 2 aromatic rings. The molecule has 0 spiro atoms. The lowest BCUT2D eigenvalue weighted by Crippen LogP contribution is -2.33. The van der Waals surface area contributed by atoms with E-state index in [1.54, 1.807) is 7.11 Å². The Morgan fingerprint density at radius 3 is 2.50 bits per heavy atom. The minimum atomic E-state index is -0.0270. The molecule has 2 atom stereocenters. The highest BCUT2D eigenvalue weighted by Gasteiger charge is 2.17. The Kier molecular flexibility index (Phi) is 7.10. The molecule has 1 aliphatic rings. The van der Waals surface area contributed by atoms with Crippen molar-refractivity contribution in [2.24, 2.45) is 5.92 Å². The summed E-state index contributed by atoms with van der Waals surface area (Å²) in [6, 6.07) is 15.9. The van der Waals surface area contributed by atoms with Gasteiger partial charge in [0.2, 0.25) is 0 Å². The van der Waals surface area contributed by atoms with E-state index in [0.29, 0.717) is 5.56 Å². The number of benzene rings is 2. The number of carbonyl (C=O) groups is 1. The van der Waals surface area contributed by atoms with E-state index in [1.807, 2.05) is 36.4 Å². The van der Waals surface area contributed by atoms with E-state index in [-0.39, 0.29) is 11.9 Å². The van der Waals surface area contributed by atoms with Gasteiger partial charge < -0.3 is 10.1 Å². The van der Waals surface area contributed by atoms with E-state index < -0.39 is 0 Å². The molecule has 28 heavy (non-hydrogen) atoms. The van der Waals surface area contributed by atoms with Crippen molar-refractivity contribution < 1.29 is 9.53 Å². The van der Waals surface area contributed by atoms with E-state index in [2.05, 4.69) is 36.2 Å². The summed E-state index contributed by atoms with van der Waals surface area (Å²) >= 11 is 0. The highest BCUT2D eigenvalue weighted by molar-refractivity contribution is 5.94. The molecule has 150 valence electrons. The van der Waals surface area contributed by atoms with Crippen LogP contribution in [0.4, 0.5) is 0 Å². The maximum atomic E-state index is 12.7. The Balaban J connectivity index is 1.59. The van der Waals surface area contributed by atoms with Gasteiger partial charge in [-0.15, -0.1) is 0 Å². The SMILES string of the molecule is CC[C@@H](NC(=O)c1ccc(CN2CCC[C@H](C)C2)cc1)c1ccc(OC)cc1. The van der Waals surface area contributed by atoms with Gasteiger partial charge in [-0.3, -0.25) is 9.69 Å². The molecule has 1 fully saturated rings. The maximum absolute atomic E-state index is 12.7. The first kappa shape index (κ1) is 20.4. The number of carbonyl (C=O) groups excluding carboxylic acids is 1. The van der Waals surface area contributed by atoms with Gasteiger partial charge in [0.05, 0.1) is 13.2 Å². The standard InChI is InChI=1S/C24H32N2O2/c1-4-23(20-11-13-22(28-3)14-12-20)25-24(27)21-9-7-19(8-10-21)17-26-15-5-6-18(2)16-26/h7-14,18,23H,4-6,15-17H2,1-3H3,(H,25,27)/t18-,23+/m0/s1. The predicted octanol–water partition coefficient (Wildman–Crippen LogP) is 4.81. The number of nitrogens with zero attached hydrogens (tertiary/aromatic N) is 1. The number of amides is 1. The number of methoxy groups -OCH3 is 1. The van der Waals surface area contributed by atoms with Gasteiger partial charge in [0.25, 0.3) is 5.91 Å². The summed E-state index contributed by atoms with van der Waals surface area (Å²) in [6.07, 6.45) is 3.46. The zero-order valence-corrected chi connectivity index (χ0v) is 17.3. The van der Waals surface area contributed by atoms with Gasteiger partial charge in [-0.25, -0.2) is 0 Å². The van der Waals surface area contributed by atoms with Crippen LogP contribution in [-0.2, 0) is 6.54 Å². The first-order valence-electron chi connectivity index (χ1n) is 10.3. The van der Waals surface area contributed by atoms with Crippen LogP contribution in [0.1, 0.15) is 60.6 Å². The van der Waals surface area contributed by atoms with E-state index in [4.69, 9.17) is 4.74 Å². The number of ether oxygens (including phenoxy) is 1. The quantitative estimate of drug-likeness (QED) is 0.750. The Hall–Kier alpha value is -2.33. The van der Waals surface area contributed by atoms with Crippen molar-refractivity contribution >= 4 is 5.91 Å². The Morgan fingerprint density at radius 2 is 1.89 bits per heavy atom. The largest absolute Gasteiger partial charge is 0.497 e. The fraction of sp³-hybridized carbons (Fsp3) is 0.458. The lowest BCUT2D eigenvalue weighted by molar-refractivity contribution is 0.0935. The van der Waals surface area contributed by atoms with Crippen LogP contribution in [0.25, 0.3) is 0 Å². The normalized spacial score (nSPS) is 18.5. The van der Waals surface area contributed by atoms with Crippen LogP contribution in [0.3, 0.4) is 0 Å². The highest BCUT2D eigenvalue weighted by Crippen LogP contribution is 2.21. The fourth-order valence-electron chi connectivity index (χ4n) is 3.95. The number of rotatable bonds is 7. The van der Waals surface area contributed by atoms with Gasteiger partial charge in [-0.05, 0) is 67.1 Å². The average molecular weight is 381 g/mol. The summed E-state index contributed by atoms with van der Waals surface area (Å²) in [5, 5.41) is 3.15. The van der Waals surface area contributed by atoms with Crippen LogP contribution in [-0.4, -0.2) is 31.0 Å². The topological polar surface area (TPSA) is 41.6 Å². The van der Waals surface area contributed by atoms with Gasteiger partial charge in [-0.2, -0.15) is 0 Å². The van der Waals surface area contributed by atoms with Crippen LogP contribution < -0.4 is 10.1 Å². The molecular formula is C24H32N2O2. The number of nitrogens with one attached hydrogen (secondary N) is 1. The second kappa shape index (κ2) is 9.74. The molecule has 1 amide bonds. The molecule has 0 unspecified atom stereocenters. The first-order chi connectivity index (χ1) is 13.6. The van der Waals surface area contributed by atoms with E-state index in [9.17, 15) is 4.79 Å². The van der Waals surface area contributed by atoms with Crippen LogP contribution in [0, 0.1) is 5.92 Å². The molecule has 1 N–H and O–H groups in total. The number of hydrogen-bond acceptors (Lipinski definition) is 3. The highest BCUT2D eigenvalue weighted by atomic mass is 16.5. The molecule has 0 radical (unpaired) electrons. The van der Waals surface area contributed by atoms with Gasteiger partial charge in [0.15, 0.2) is 0 Å². The van der Waals surface area contributed by atoms with Crippen molar-refractivity contribution in [3.63, 3.8) is 0 Å². The Labute approximate surface area is 168 Å². The smallest absolute Gasteiger partial charge is 0.251 e. The van der Waals surface area contributed by atoms with Crippen LogP contribution in [0.2, 0.25) is 0 Å². The number of piperidine rings is 1. The lowest BCUT2D eigenvalue weighted by Gasteiger charge is -2.30. The lowest BCUT2D eigenvalue weighted by atomic mass is 9.99. The van der Waals surface area contributed by atoms with Gasteiger partial charge >= 0.3 is 0 Å². The Bertz CT molecular complexity index is 755. The van der Waals surface area contributed by atoms with Crippen LogP contribution in [0.5, 0.6) is 5.75 Å². The van der Waals surface area contributed by atoms with Crippen molar-refractivity contribution in [1.29, 1.82) is 0 Å². The molecule has 0 aliphatic carbocycles. The summed E-state index contributed by atoms with van der Waals surface area (Å²) in [5.41, 5.74) is 3.07. The average Bonchev–Trinajstić information content (AvgIpc) is 2.72. The molecule has 3 rings (SSSR count). The second-order valence-electron chi connectivity index (χ2n) is 7.89. The van der Waals surface area contributed by atoms with Crippen molar-refractivity contribution in [2.75, 3.05) is 20.2 Å². The molecule has 0 saturated carbocycles. The third-order valence-corrected chi connectivity index (χ3v) is 5.60. The number of hydrogen-bond donors (Lipinski definition) is 1. The van der Waals surface area contributed by atoms with Gasteiger partial charge in [0.1, 0.15) is 5.75 Å². The predicted molar refractivity (Wildman–Crippen MR) is 114 cm³/mol. The van der Waals surface area contributed by atoms with Crippen LogP contribution in [0.15, 0.2) is 48.5 Å². The molecule has 1 saturated heterocycles. The molecule has 2 aromatic carbocycles. The fourth-order valence-corrected chi connectivity index (χ4v) is 3.95. The van der Waals surface area contributed by atoms with Gasteiger partial charge in [-0.1, -0.05) is 38.1 Å². The van der Waals surface area contributed by atoms with Crippen molar-refractivity contribution in [3.05, 3.63) is 65.2 Å². The summed E-state index contributed by atoms with van der Waals surface area (Å²) in [5.74, 6) is 1.58.